The van der Waals surface area contributed by atoms with E-state index in [0.29, 0.717) is 42.9 Å². The number of carbonyl (C=O) groups is 1. The number of esters is 1. The molecule has 6 bridgehead atoms. The van der Waals surface area contributed by atoms with E-state index < -0.39 is 29.3 Å². The Morgan fingerprint density at radius 1 is 1.04 bits per heavy atom. The second-order valence-electron chi connectivity index (χ2n) is 14.7. The molecule has 5 heterocycles. The fourth-order valence-electron chi connectivity index (χ4n) is 6.84. The number of pyridine rings is 1. The molecule has 2 aromatic heterocycles. The number of imidazole rings is 1. The fraction of sp³-hybridized carbons (Fsp3) is 0.450. The number of nitrogens with zero attached hydrogens (tertiary/aromatic N) is 3. The van der Waals surface area contributed by atoms with E-state index in [1.807, 2.05) is 84.2 Å². The number of benzene rings is 2. The number of piperidine rings is 1. The zero-order valence-electron chi connectivity index (χ0n) is 30.2. The van der Waals surface area contributed by atoms with Crippen LogP contribution < -0.4 is 9.64 Å². The van der Waals surface area contributed by atoms with E-state index in [-0.39, 0.29) is 17.5 Å². The van der Waals surface area contributed by atoms with Crippen molar-refractivity contribution in [2.45, 2.75) is 91.1 Å². The second-order valence-corrected chi connectivity index (χ2v) is 14.7. The highest BCUT2D eigenvalue weighted by atomic mass is 19.2. The highest BCUT2D eigenvalue weighted by Gasteiger charge is 2.38. The minimum atomic E-state index is -0.985. The van der Waals surface area contributed by atoms with Gasteiger partial charge >= 0.3 is 5.97 Å². The largest absolute Gasteiger partial charge is 0.490 e. The Balaban J connectivity index is 1.59. The van der Waals surface area contributed by atoms with Crippen LogP contribution in [-0.2, 0) is 19.0 Å². The summed E-state index contributed by atoms with van der Waals surface area (Å²) in [7, 11) is 1.38. The van der Waals surface area contributed by atoms with Crippen LogP contribution in [0.25, 0.3) is 28.0 Å². The van der Waals surface area contributed by atoms with Crippen molar-refractivity contribution >= 4 is 17.4 Å². The molecular weight excluding hydrogens is 640 g/mol. The molecule has 0 radical (unpaired) electrons. The Morgan fingerprint density at radius 3 is 2.44 bits per heavy atom. The normalized spacial score (nSPS) is 20.4. The third-order valence-electron chi connectivity index (χ3n) is 9.73. The molecule has 0 aliphatic carbocycles. The zero-order valence-corrected chi connectivity index (χ0v) is 30.2. The Kier molecular flexibility index (Phi) is 9.81. The van der Waals surface area contributed by atoms with Crippen LogP contribution in [0, 0.1) is 25.5 Å². The van der Waals surface area contributed by atoms with Gasteiger partial charge in [-0.25, -0.2) is 18.6 Å². The number of hydrogen-bond donors (Lipinski definition) is 0. The molecule has 0 spiro atoms. The van der Waals surface area contributed by atoms with Gasteiger partial charge in [0, 0.05) is 48.5 Å². The van der Waals surface area contributed by atoms with Crippen LogP contribution in [0.5, 0.6) is 5.75 Å². The van der Waals surface area contributed by atoms with Crippen LogP contribution >= 0.6 is 0 Å². The summed E-state index contributed by atoms with van der Waals surface area (Å²) in [5, 5.41) is 0. The first-order valence-corrected chi connectivity index (χ1v) is 17.3. The number of anilines is 1. The van der Waals surface area contributed by atoms with Crippen molar-refractivity contribution in [3.05, 3.63) is 83.1 Å². The molecule has 0 saturated carbocycles. The molecule has 7 rings (SSSR count). The molecular formula is C40H47F2N3O5. The molecule has 0 N–H and O–H groups in total. The lowest BCUT2D eigenvalue weighted by molar-refractivity contribution is -0.164. The van der Waals surface area contributed by atoms with E-state index in [9.17, 15) is 13.6 Å². The summed E-state index contributed by atoms with van der Waals surface area (Å²) in [6.07, 6.45) is 6.76. The molecule has 8 nitrogen and oxygen atoms in total. The first-order valence-electron chi connectivity index (χ1n) is 17.3. The SMILES string of the molecule is COC(=O)C(OC(C)(C)C)c1c(C)c(C)c2nc3cn2c1N1CCC(C)(CC1)OCC=CCC(C)Oc1cc(F)c(F)cc1-c1cccc-3c1. The molecule has 2 unspecified atom stereocenters. The maximum atomic E-state index is 14.7. The Bertz CT molecular complexity index is 1940. The number of halogens is 2. The monoisotopic (exact) mass is 687 g/mol. The van der Waals surface area contributed by atoms with Gasteiger partial charge in [-0.1, -0.05) is 30.4 Å². The van der Waals surface area contributed by atoms with Crippen molar-refractivity contribution in [2.24, 2.45) is 0 Å². The molecule has 3 aliphatic rings. The number of methoxy groups -OCH3 is 1. The highest BCUT2D eigenvalue weighted by Crippen LogP contribution is 2.42. The average molecular weight is 688 g/mol. The van der Waals surface area contributed by atoms with E-state index in [1.54, 1.807) is 0 Å². The molecule has 4 aromatic rings. The maximum Gasteiger partial charge on any atom is 0.339 e. The molecule has 10 heteroatoms. The lowest BCUT2D eigenvalue weighted by Gasteiger charge is -2.42. The predicted octanol–water partition coefficient (Wildman–Crippen LogP) is 8.70. The minimum absolute atomic E-state index is 0.256. The third-order valence-corrected chi connectivity index (χ3v) is 9.73. The van der Waals surface area contributed by atoms with Crippen molar-refractivity contribution in [3.8, 4) is 28.1 Å². The lowest BCUT2D eigenvalue weighted by atomic mass is 9.92. The fourth-order valence-corrected chi connectivity index (χ4v) is 6.84. The number of aromatic nitrogens is 2. The molecule has 50 heavy (non-hydrogen) atoms. The molecule has 2 atom stereocenters. The zero-order chi connectivity index (χ0) is 36.0. The standard InChI is InChI=1S/C40H47F2N3O5/c1-24-12-9-10-19-48-40(7)15-17-44(18-16-40)37-34(35(38(46)47-8)50-39(4,5)6)25(2)26(3)36-43-32(23-45(36)37)28-14-11-13-27(20-28)29-21-30(41)31(42)22-33(29)49-24/h9-11,13-14,20-24,35H,12,15-19H2,1-8H3. The van der Waals surface area contributed by atoms with Gasteiger partial charge in [0.2, 0.25) is 0 Å². The molecule has 1 saturated heterocycles. The van der Waals surface area contributed by atoms with E-state index in [4.69, 9.17) is 23.9 Å². The van der Waals surface area contributed by atoms with Crippen molar-refractivity contribution < 1.29 is 32.5 Å². The number of rotatable bonds is 3. The second kappa shape index (κ2) is 13.8. The first kappa shape index (κ1) is 35.5. The van der Waals surface area contributed by atoms with Crippen molar-refractivity contribution in [1.29, 1.82) is 0 Å². The van der Waals surface area contributed by atoms with Crippen LogP contribution in [0.4, 0.5) is 14.6 Å². The molecule has 2 aromatic carbocycles. The molecule has 0 amide bonds. The summed E-state index contributed by atoms with van der Waals surface area (Å²) in [6.45, 7) is 15.6. The van der Waals surface area contributed by atoms with Crippen LogP contribution in [-0.4, -0.2) is 59.5 Å². The number of hydrogen-bond acceptors (Lipinski definition) is 7. The number of carbonyl (C=O) groups excluding carboxylic acids is 1. The van der Waals surface area contributed by atoms with Gasteiger partial charge in [-0.05, 0) is 90.1 Å². The smallest absolute Gasteiger partial charge is 0.339 e. The minimum Gasteiger partial charge on any atom is -0.490 e. The van der Waals surface area contributed by atoms with Crippen LogP contribution in [0.2, 0.25) is 0 Å². The summed E-state index contributed by atoms with van der Waals surface area (Å²) in [5.74, 6) is -1.33. The molecule has 3 aliphatic heterocycles. The summed E-state index contributed by atoms with van der Waals surface area (Å²) in [5.41, 5.74) is 4.84. The Hall–Kier alpha value is -4.28. The van der Waals surface area contributed by atoms with E-state index in [0.717, 1.165) is 52.6 Å². The Labute approximate surface area is 293 Å². The van der Waals surface area contributed by atoms with Crippen molar-refractivity contribution in [2.75, 3.05) is 31.7 Å². The summed E-state index contributed by atoms with van der Waals surface area (Å²) >= 11 is 0. The number of ether oxygens (including phenoxy) is 4. The summed E-state index contributed by atoms with van der Waals surface area (Å²) < 4.78 is 55.8. The van der Waals surface area contributed by atoms with Crippen molar-refractivity contribution in [3.63, 3.8) is 0 Å². The van der Waals surface area contributed by atoms with Gasteiger partial charge in [-0.3, -0.25) is 4.40 Å². The Morgan fingerprint density at radius 2 is 1.74 bits per heavy atom. The van der Waals surface area contributed by atoms with Crippen LogP contribution in [0.15, 0.2) is 54.7 Å². The number of aryl methyl sites for hydroxylation is 1. The lowest BCUT2D eigenvalue weighted by Crippen LogP contribution is -2.45. The highest BCUT2D eigenvalue weighted by molar-refractivity contribution is 5.82. The van der Waals surface area contributed by atoms with Gasteiger partial charge in [0.15, 0.2) is 17.7 Å². The quantitative estimate of drug-likeness (QED) is 0.158. The predicted molar refractivity (Wildman–Crippen MR) is 191 cm³/mol. The first-order chi connectivity index (χ1) is 23.7. The van der Waals surface area contributed by atoms with Crippen LogP contribution in [0.3, 0.4) is 0 Å². The molecule has 266 valence electrons. The van der Waals surface area contributed by atoms with Gasteiger partial charge in [0.25, 0.3) is 0 Å². The number of fused-ring (bicyclic) bond motifs is 7. The summed E-state index contributed by atoms with van der Waals surface area (Å²) in [4.78, 5) is 21.0. The van der Waals surface area contributed by atoms with E-state index in [1.165, 1.54) is 13.2 Å². The maximum absolute atomic E-state index is 14.7. The molecule has 1 fully saturated rings. The van der Waals surface area contributed by atoms with Gasteiger partial charge in [0.05, 0.1) is 36.7 Å². The van der Waals surface area contributed by atoms with Gasteiger partial charge in [-0.15, -0.1) is 0 Å². The third kappa shape index (κ3) is 7.14. The van der Waals surface area contributed by atoms with Gasteiger partial charge in [0.1, 0.15) is 17.2 Å². The van der Waals surface area contributed by atoms with E-state index >= 15 is 0 Å². The van der Waals surface area contributed by atoms with Crippen molar-refractivity contribution in [1.82, 2.24) is 9.38 Å². The summed E-state index contributed by atoms with van der Waals surface area (Å²) in [6, 6.07) is 9.87. The van der Waals surface area contributed by atoms with Gasteiger partial charge < -0.3 is 23.8 Å². The van der Waals surface area contributed by atoms with Crippen LogP contribution in [0.1, 0.15) is 76.7 Å². The average Bonchev–Trinajstić information content (AvgIpc) is 3.52. The van der Waals surface area contributed by atoms with Gasteiger partial charge in [-0.2, -0.15) is 0 Å². The topological polar surface area (TPSA) is 74.5 Å². The van der Waals surface area contributed by atoms with E-state index in [2.05, 4.69) is 16.2 Å².